The lowest BCUT2D eigenvalue weighted by Gasteiger charge is -2.12. The van der Waals surface area contributed by atoms with Gasteiger partial charge in [-0.15, -0.1) is 11.3 Å². The van der Waals surface area contributed by atoms with Crippen molar-refractivity contribution in [1.29, 1.82) is 0 Å². The molecule has 0 radical (unpaired) electrons. The number of benzene rings is 1. The number of thiophene rings is 1. The van der Waals surface area contributed by atoms with Crippen LogP contribution in [0.2, 0.25) is 5.02 Å². The molecule has 0 unspecified atom stereocenters. The predicted molar refractivity (Wildman–Crippen MR) is 99.9 cm³/mol. The average Bonchev–Trinajstić information content (AvgIpc) is 3.09. The van der Waals surface area contributed by atoms with Gasteiger partial charge in [-0.05, 0) is 36.9 Å². The third-order valence-corrected chi connectivity index (χ3v) is 4.90. The number of para-hydroxylation sites is 1. The number of aromatic nitrogens is 2. The molecule has 2 aromatic heterocycles. The Kier molecular flexibility index (Phi) is 5.31. The number of carbonyl (C=O) groups excluding carboxylic acids is 1. The van der Waals surface area contributed by atoms with Crippen molar-refractivity contribution < 1.29 is 4.79 Å². The highest BCUT2D eigenvalue weighted by atomic mass is 35.5. The molecule has 1 N–H and O–H groups in total. The van der Waals surface area contributed by atoms with Gasteiger partial charge in [-0.1, -0.05) is 29.8 Å². The molecule has 5 nitrogen and oxygen atoms in total. The Labute approximate surface area is 153 Å². The number of carbonyl (C=O) groups is 1. The second kappa shape index (κ2) is 7.63. The minimum atomic E-state index is -0.484. The Balaban J connectivity index is 1.83. The Morgan fingerprint density at radius 1 is 1.28 bits per heavy atom. The van der Waals surface area contributed by atoms with E-state index >= 15 is 0 Å². The minimum Gasteiger partial charge on any atom is -0.350 e. The molecule has 0 atom stereocenters. The van der Waals surface area contributed by atoms with Crippen LogP contribution in [0.25, 0.3) is 5.69 Å². The molecule has 3 rings (SSSR count). The first-order chi connectivity index (χ1) is 12.1. The normalized spacial score (nSPS) is 10.6. The van der Waals surface area contributed by atoms with Gasteiger partial charge in [-0.3, -0.25) is 9.59 Å². The van der Waals surface area contributed by atoms with Crippen LogP contribution in [-0.2, 0) is 6.42 Å². The Hall–Kier alpha value is -2.44. The standard InChI is InChI=1S/C18H16ClN3O2S/c1-12-11-16(23)17(18(24)20-9-8-13-5-4-10-25-13)21-22(12)15-7-3-2-6-14(15)19/h2-7,10-11H,8-9H2,1H3,(H,20,24). The van der Waals surface area contributed by atoms with Gasteiger partial charge in [0.1, 0.15) is 0 Å². The van der Waals surface area contributed by atoms with Crippen molar-refractivity contribution in [1.82, 2.24) is 15.1 Å². The molecule has 0 saturated heterocycles. The molecule has 0 bridgehead atoms. The maximum atomic E-state index is 12.4. The quantitative estimate of drug-likeness (QED) is 0.746. The molecule has 25 heavy (non-hydrogen) atoms. The summed E-state index contributed by atoms with van der Waals surface area (Å²) in [6.07, 6.45) is 0.716. The summed E-state index contributed by atoms with van der Waals surface area (Å²) in [7, 11) is 0. The lowest BCUT2D eigenvalue weighted by Crippen LogP contribution is -2.33. The summed E-state index contributed by atoms with van der Waals surface area (Å²) in [6, 6.07) is 12.5. The molecule has 0 fully saturated rings. The number of hydrogen-bond acceptors (Lipinski definition) is 4. The SMILES string of the molecule is Cc1cc(=O)c(C(=O)NCCc2cccs2)nn1-c1ccccc1Cl. The van der Waals surface area contributed by atoms with Gasteiger partial charge in [0.25, 0.3) is 5.91 Å². The van der Waals surface area contributed by atoms with E-state index in [9.17, 15) is 9.59 Å². The lowest BCUT2D eigenvalue weighted by atomic mass is 10.2. The van der Waals surface area contributed by atoms with Gasteiger partial charge in [-0.2, -0.15) is 5.10 Å². The summed E-state index contributed by atoms with van der Waals surface area (Å²) in [5, 5.41) is 9.46. The summed E-state index contributed by atoms with van der Waals surface area (Å²) in [5.74, 6) is -0.484. The molecule has 128 valence electrons. The van der Waals surface area contributed by atoms with E-state index in [1.165, 1.54) is 15.6 Å². The molecule has 7 heteroatoms. The lowest BCUT2D eigenvalue weighted by molar-refractivity contribution is 0.0946. The number of nitrogens with zero attached hydrogens (tertiary/aromatic N) is 2. The van der Waals surface area contributed by atoms with Crippen LogP contribution in [0.5, 0.6) is 0 Å². The first kappa shape index (κ1) is 17.4. The number of rotatable bonds is 5. The topological polar surface area (TPSA) is 64.0 Å². The Morgan fingerprint density at radius 2 is 2.08 bits per heavy atom. The molecule has 3 aromatic rings. The number of halogens is 1. The molecule has 2 heterocycles. The van der Waals surface area contributed by atoms with Crippen LogP contribution in [0.15, 0.2) is 52.6 Å². The third kappa shape index (κ3) is 3.97. The zero-order valence-corrected chi connectivity index (χ0v) is 15.1. The zero-order valence-electron chi connectivity index (χ0n) is 13.5. The summed E-state index contributed by atoms with van der Waals surface area (Å²) in [4.78, 5) is 25.7. The molecular weight excluding hydrogens is 358 g/mol. The predicted octanol–water partition coefficient (Wildman–Crippen LogP) is 3.23. The number of amides is 1. The Bertz CT molecular complexity index is 951. The fraction of sp³-hybridized carbons (Fsp3) is 0.167. The van der Waals surface area contributed by atoms with Crippen molar-refractivity contribution in [2.75, 3.05) is 6.54 Å². The highest BCUT2D eigenvalue weighted by molar-refractivity contribution is 7.09. The van der Waals surface area contributed by atoms with E-state index in [1.54, 1.807) is 30.4 Å². The maximum absolute atomic E-state index is 12.4. The van der Waals surface area contributed by atoms with E-state index in [0.29, 0.717) is 29.4 Å². The highest BCUT2D eigenvalue weighted by Crippen LogP contribution is 2.19. The first-order valence-corrected chi connectivity index (χ1v) is 8.98. The molecular formula is C18H16ClN3O2S. The van der Waals surface area contributed by atoms with E-state index < -0.39 is 11.3 Å². The monoisotopic (exact) mass is 373 g/mol. The maximum Gasteiger partial charge on any atom is 0.275 e. The number of nitrogens with one attached hydrogen (secondary N) is 1. The van der Waals surface area contributed by atoms with Crippen molar-refractivity contribution in [2.45, 2.75) is 13.3 Å². The summed E-state index contributed by atoms with van der Waals surface area (Å²) in [5.41, 5.74) is 0.675. The smallest absolute Gasteiger partial charge is 0.275 e. The van der Waals surface area contributed by atoms with Crippen LogP contribution < -0.4 is 10.7 Å². The van der Waals surface area contributed by atoms with Gasteiger partial charge in [-0.25, -0.2) is 4.68 Å². The van der Waals surface area contributed by atoms with E-state index in [1.807, 2.05) is 29.6 Å². The van der Waals surface area contributed by atoms with Crippen LogP contribution in [0, 0.1) is 6.92 Å². The van der Waals surface area contributed by atoms with Crippen molar-refractivity contribution in [2.24, 2.45) is 0 Å². The van der Waals surface area contributed by atoms with Gasteiger partial charge >= 0.3 is 0 Å². The zero-order chi connectivity index (χ0) is 17.8. The van der Waals surface area contributed by atoms with Gasteiger partial charge in [0, 0.05) is 23.2 Å². The van der Waals surface area contributed by atoms with Crippen LogP contribution in [0.3, 0.4) is 0 Å². The van der Waals surface area contributed by atoms with Gasteiger partial charge in [0.15, 0.2) is 5.69 Å². The molecule has 0 aliphatic carbocycles. The summed E-state index contributed by atoms with van der Waals surface area (Å²) in [6.45, 7) is 2.19. The van der Waals surface area contributed by atoms with E-state index in [2.05, 4.69) is 10.4 Å². The second-order valence-electron chi connectivity index (χ2n) is 5.45. The molecule has 0 saturated carbocycles. The third-order valence-electron chi connectivity index (χ3n) is 3.64. The van der Waals surface area contributed by atoms with Gasteiger partial charge in [0.05, 0.1) is 10.7 Å². The molecule has 1 amide bonds. The van der Waals surface area contributed by atoms with Crippen LogP contribution >= 0.6 is 22.9 Å². The first-order valence-electron chi connectivity index (χ1n) is 7.73. The van der Waals surface area contributed by atoms with Crippen molar-refractivity contribution in [3.63, 3.8) is 0 Å². The van der Waals surface area contributed by atoms with E-state index in [0.717, 1.165) is 0 Å². The number of hydrogen-bond donors (Lipinski definition) is 1. The molecule has 0 aliphatic rings. The molecule has 0 spiro atoms. The van der Waals surface area contributed by atoms with Gasteiger partial charge in [0.2, 0.25) is 5.43 Å². The minimum absolute atomic E-state index is 0.142. The van der Waals surface area contributed by atoms with Crippen LogP contribution in [0.1, 0.15) is 21.1 Å². The van der Waals surface area contributed by atoms with Crippen LogP contribution in [0.4, 0.5) is 0 Å². The van der Waals surface area contributed by atoms with E-state index in [4.69, 9.17) is 11.6 Å². The summed E-state index contributed by atoms with van der Waals surface area (Å²) < 4.78 is 1.51. The Morgan fingerprint density at radius 3 is 2.80 bits per heavy atom. The molecule has 1 aromatic carbocycles. The van der Waals surface area contributed by atoms with Gasteiger partial charge < -0.3 is 5.32 Å². The summed E-state index contributed by atoms with van der Waals surface area (Å²) >= 11 is 7.83. The van der Waals surface area contributed by atoms with E-state index in [-0.39, 0.29) is 5.69 Å². The van der Waals surface area contributed by atoms with Crippen LogP contribution in [-0.4, -0.2) is 22.2 Å². The fourth-order valence-corrected chi connectivity index (χ4v) is 3.33. The van der Waals surface area contributed by atoms with Crippen molar-refractivity contribution >= 4 is 28.8 Å². The van der Waals surface area contributed by atoms with Crippen molar-refractivity contribution in [3.05, 3.63) is 79.4 Å². The average molecular weight is 374 g/mol. The van der Waals surface area contributed by atoms with Crippen molar-refractivity contribution in [3.8, 4) is 5.69 Å². The molecule has 0 aliphatic heterocycles. The number of aryl methyl sites for hydroxylation is 1. The second-order valence-corrected chi connectivity index (χ2v) is 6.89. The highest BCUT2D eigenvalue weighted by Gasteiger charge is 2.16. The largest absolute Gasteiger partial charge is 0.350 e. The fourth-order valence-electron chi connectivity index (χ4n) is 2.41.